The number of fused-ring (bicyclic) bond motifs is 1. The molecular formula is C31H40N2O19. The van der Waals surface area contributed by atoms with Crippen molar-refractivity contribution in [2.45, 2.75) is 123 Å². The van der Waals surface area contributed by atoms with Crippen molar-refractivity contribution in [2.24, 2.45) is 4.99 Å². The molecule has 0 bridgehead atoms. The molecule has 0 aromatic carbocycles. The fraction of sp³-hybridized carbons (Fsp3) is 0.677. The number of aliphatic imine (C=N–C) groups is 1. The van der Waals surface area contributed by atoms with E-state index in [-0.39, 0.29) is 0 Å². The third kappa shape index (κ3) is 9.50. The monoisotopic (exact) mass is 746 g/mol. The third-order valence-electron chi connectivity index (χ3n) is 7.21. The molecule has 1 aliphatic carbocycles. The first-order valence-electron chi connectivity index (χ1n) is 16.5. The summed E-state index contributed by atoms with van der Waals surface area (Å²) in [7, 11) is 0. The van der Waals surface area contributed by atoms with E-state index in [4.69, 9.17) is 47.4 Å². The van der Waals surface area contributed by atoms with Gasteiger partial charge in [0.25, 0.3) is 6.02 Å². The Hall–Kier alpha value is -5.34. The van der Waals surface area contributed by atoms with Crippen molar-refractivity contribution < 1.29 is 93.3 Å². The molecule has 0 spiro atoms. The van der Waals surface area contributed by atoms with Crippen LogP contribution in [0.2, 0.25) is 0 Å². The summed E-state index contributed by atoms with van der Waals surface area (Å²) in [4.78, 5) is 116. The summed E-state index contributed by atoms with van der Waals surface area (Å²) in [6.07, 6.45) is -16.6. The van der Waals surface area contributed by atoms with Crippen LogP contribution in [0.25, 0.3) is 0 Å². The lowest BCUT2D eigenvalue weighted by Crippen LogP contribution is -2.63. The minimum absolute atomic E-state index is 0.397. The highest BCUT2D eigenvalue weighted by molar-refractivity contribution is 5.96. The molecule has 0 N–H and O–H groups in total. The summed E-state index contributed by atoms with van der Waals surface area (Å²) in [5.74, 6) is -9.43. The van der Waals surface area contributed by atoms with Crippen LogP contribution in [0, 0.1) is 0 Å². The largest absolute Gasteiger partial charge is 0.463 e. The van der Waals surface area contributed by atoms with Crippen LogP contribution in [0.15, 0.2) is 4.99 Å². The van der Waals surface area contributed by atoms with E-state index in [1.807, 2.05) is 0 Å². The molecule has 0 radical (unpaired) electrons. The van der Waals surface area contributed by atoms with E-state index in [1.54, 1.807) is 0 Å². The molecule has 10 atom stereocenters. The lowest BCUT2D eigenvalue weighted by molar-refractivity contribution is -0.251. The molecule has 3 aliphatic rings. The fourth-order valence-electron chi connectivity index (χ4n) is 5.75. The van der Waals surface area contributed by atoms with Crippen molar-refractivity contribution in [3.05, 3.63) is 0 Å². The van der Waals surface area contributed by atoms with E-state index in [2.05, 4.69) is 4.99 Å². The van der Waals surface area contributed by atoms with Crippen LogP contribution in [-0.2, 0) is 90.5 Å². The number of ether oxygens (including phenoxy) is 10. The predicted molar refractivity (Wildman–Crippen MR) is 163 cm³/mol. The molecule has 52 heavy (non-hydrogen) atoms. The number of hydrogen-bond donors (Lipinski definition) is 0. The van der Waals surface area contributed by atoms with Crippen LogP contribution in [0.1, 0.15) is 65.1 Å². The molecule has 2 saturated heterocycles. The molecule has 288 valence electrons. The highest BCUT2D eigenvalue weighted by atomic mass is 16.7. The zero-order valence-corrected chi connectivity index (χ0v) is 29.6. The van der Waals surface area contributed by atoms with E-state index in [0.717, 1.165) is 62.3 Å². The number of rotatable bonds is 11. The normalized spacial score (nSPS) is 34.6. The molecule has 21 nitrogen and oxygen atoms in total. The molecule has 21 heteroatoms. The Morgan fingerprint density at radius 3 is 1.63 bits per heavy atom. The van der Waals surface area contributed by atoms with E-state index in [0.29, 0.717) is 4.90 Å². The average molecular weight is 747 g/mol. The summed E-state index contributed by atoms with van der Waals surface area (Å²) < 4.78 is 73.6. The summed E-state index contributed by atoms with van der Waals surface area (Å²) in [6.45, 7) is 6.45. The maximum absolute atomic E-state index is 13.6. The van der Waals surface area contributed by atoms with Gasteiger partial charge in [0, 0.05) is 62.3 Å². The zero-order valence-electron chi connectivity index (χ0n) is 31.6. The van der Waals surface area contributed by atoms with Crippen molar-refractivity contribution in [1.29, 1.82) is 0 Å². The van der Waals surface area contributed by atoms with Crippen LogP contribution >= 0.6 is 0 Å². The van der Waals surface area contributed by atoms with Crippen molar-refractivity contribution in [2.75, 3.05) is 13.2 Å². The Morgan fingerprint density at radius 2 is 1.15 bits per heavy atom. The second-order valence-corrected chi connectivity index (χ2v) is 11.5. The molecule has 3 fully saturated rings. The molecule has 0 aromatic heterocycles. The Labute approximate surface area is 299 Å². The van der Waals surface area contributed by atoms with Gasteiger partial charge in [-0.2, -0.15) is 4.99 Å². The maximum atomic E-state index is 13.6. The first-order chi connectivity index (χ1) is 24.9. The average Bonchev–Trinajstić information content (AvgIpc) is 3.38. The minimum Gasteiger partial charge on any atom is -0.463 e. The minimum atomic E-state index is -3.11. The van der Waals surface area contributed by atoms with Gasteiger partial charge in [-0.3, -0.25) is 48.1 Å². The third-order valence-corrected chi connectivity index (χ3v) is 7.21. The van der Waals surface area contributed by atoms with Gasteiger partial charge >= 0.3 is 47.8 Å². The van der Waals surface area contributed by atoms with Crippen LogP contribution in [0.4, 0.5) is 0 Å². The van der Waals surface area contributed by atoms with E-state index in [1.165, 1.54) is 0 Å². The number of amidine groups is 1. The quantitative estimate of drug-likeness (QED) is 0.177. The van der Waals surface area contributed by atoms with E-state index in [9.17, 15) is 45.9 Å². The number of nitrogens with zero attached hydrogens (tertiary/aromatic N) is 2. The van der Waals surface area contributed by atoms with Crippen molar-refractivity contribution in [1.82, 2.24) is 4.90 Å². The number of carbonyl (C=O) groups is 9. The van der Waals surface area contributed by atoms with Crippen LogP contribution in [0.3, 0.4) is 0 Å². The summed E-state index contributed by atoms with van der Waals surface area (Å²) >= 11 is 0. The lowest BCUT2D eigenvalue weighted by atomic mass is 9.94. The first kappa shape index (κ1) is 37.9. The second kappa shape index (κ2) is 16.8. The van der Waals surface area contributed by atoms with Crippen LogP contribution in [-0.4, -0.2) is 138 Å². The Bertz CT molecular complexity index is 1620. The van der Waals surface area contributed by atoms with E-state index >= 15 is 0 Å². The maximum Gasteiger partial charge on any atom is 0.303 e. The predicted octanol–water partition coefficient (Wildman–Crippen LogP) is -1.22. The number of amides is 1. The van der Waals surface area contributed by atoms with Gasteiger partial charge in [0.05, 0.1) is 2.74 Å². The smallest absolute Gasteiger partial charge is 0.303 e. The van der Waals surface area contributed by atoms with Gasteiger partial charge in [-0.05, 0) is 0 Å². The number of hydrogen-bond acceptors (Lipinski definition) is 20. The van der Waals surface area contributed by atoms with E-state index < -0.39 is 133 Å². The van der Waals surface area contributed by atoms with Gasteiger partial charge in [0.2, 0.25) is 11.5 Å². The number of carbonyl (C=O) groups excluding carboxylic acids is 9. The molecule has 1 amide bonds. The molecule has 0 unspecified atom stereocenters. The summed E-state index contributed by atoms with van der Waals surface area (Å²) in [6, 6.07) is -3.97. The van der Waals surface area contributed by atoms with Gasteiger partial charge in [-0.1, -0.05) is 0 Å². The van der Waals surface area contributed by atoms with Crippen LogP contribution in [0.5, 0.6) is 0 Å². The second-order valence-electron chi connectivity index (χ2n) is 11.5. The summed E-state index contributed by atoms with van der Waals surface area (Å²) in [5, 5.41) is 0. The highest BCUT2D eigenvalue weighted by Crippen LogP contribution is 2.47. The molecule has 2 aliphatic heterocycles. The molecular weight excluding hydrogens is 704 g/mol. The van der Waals surface area contributed by atoms with Gasteiger partial charge in [0.1, 0.15) is 25.3 Å². The highest BCUT2D eigenvalue weighted by Gasteiger charge is 2.74. The van der Waals surface area contributed by atoms with Gasteiger partial charge in [-0.15, -0.1) is 0 Å². The van der Waals surface area contributed by atoms with Gasteiger partial charge < -0.3 is 47.4 Å². The molecule has 2 heterocycles. The molecule has 0 aromatic rings. The zero-order chi connectivity index (χ0) is 41.1. The first-order valence-corrected chi connectivity index (χ1v) is 15.5. The van der Waals surface area contributed by atoms with Crippen molar-refractivity contribution >= 4 is 59.7 Å². The fourth-order valence-corrected chi connectivity index (χ4v) is 5.75. The standard InChI is InChI=1S/C31H40N2O19/c1-12(34)33-27-24(25(47-17(6)39)28(49-19(8)41)31(27,52-20(9)42)11-44-14(3)36)51-30(33)32-29-26(48-18(7)40)23(46-16(5)38)22(45-15(4)37)21(50-29)10-43-13(2)35/h21-29H,10-11H2,1-9H3/b32-30-/t21-,22-,23+,24-,25-,26-,27-,28+,29+,31+/m1/s1/i27D,29D. The van der Waals surface area contributed by atoms with Crippen molar-refractivity contribution in [3.8, 4) is 0 Å². The Kier molecular flexibility index (Phi) is 12.2. The number of esters is 8. The molecule has 3 rings (SSSR count). The van der Waals surface area contributed by atoms with Crippen molar-refractivity contribution in [3.63, 3.8) is 0 Å². The Morgan fingerprint density at radius 1 is 0.654 bits per heavy atom. The SMILES string of the molecule is [2H][C@]1(/N=C2\O[C@@H]3[C@@H](OC(C)=O)[C@H](OC(C)=O)[C@@](COC(C)=O)(OC(C)=O)[C@]3([2H])N2C(C)=O)O[C@H](COC(C)=O)[C@@H](OC(C)=O)[C@H](OC(C)=O)[C@H]1OC(C)=O. The summed E-state index contributed by atoms with van der Waals surface area (Å²) in [5.41, 5.74) is -2.76. The Balaban J connectivity index is 2.42. The van der Waals surface area contributed by atoms with Crippen LogP contribution < -0.4 is 0 Å². The lowest BCUT2D eigenvalue weighted by Gasteiger charge is -2.43. The van der Waals surface area contributed by atoms with Gasteiger partial charge in [0.15, 0.2) is 42.8 Å². The topological polar surface area (TPSA) is 262 Å². The van der Waals surface area contributed by atoms with Gasteiger partial charge in [-0.25, -0.2) is 0 Å². The molecule has 1 saturated carbocycles.